The lowest BCUT2D eigenvalue weighted by molar-refractivity contribution is 0.958. The van der Waals surface area contributed by atoms with Crippen LogP contribution in [-0.2, 0) is 19.3 Å². The van der Waals surface area contributed by atoms with Crippen LogP contribution in [-0.4, -0.2) is 0 Å². The van der Waals surface area contributed by atoms with Crippen LogP contribution >= 0.6 is 0 Å². The lowest BCUT2D eigenvalue weighted by Crippen LogP contribution is -1.96. The third-order valence-electron chi connectivity index (χ3n) is 3.14. The molecule has 2 aromatic rings. The average molecular weight is 238 g/mol. The largest absolute Gasteiger partial charge is 0.290 e. The van der Waals surface area contributed by atoms with Crippen molar-refractivity contribution in [2.75, 3.05) is 0 Å². The molecule has 1 nitrogen and oxygen atoms in total. The molecular formula is C17H18O. The van der Waals surface area contributed by atoms with Crippen LogP contribution in [0.15, 0.2) is 59.4 Å². The van der Waals surface area contributed by atoms with Gasteiger partial charge in [-0.2, -0.15) is 0 Å². The predicted molar refractivity (Wildman–Crippen MR) is 75.9 cm³/mol. The van der Waals surface area contributed by atoms with Gasteiger partial charge in [-0.15, -0.1) is 0 Å². The van der Waals surface area contributed by atoms with Gasteiger partial charge in [0.1, 0.15) is 0 Å². The van der Waals surface area contributed by atoms with Gasteiger partial charge in [-0.25, -0.2) is 0 Å². The second-order valence-electron chi connectivity index (χ2n) is 4.51. The van der Waals surface area contributed by atoms with Crippen molar-refractivity contribution in [1.29, 1.82) is 0 Å². The van der Waals surface area contributed by atoms with Crippen LogP contribution in [0.25, 0.3) is 0 Å². The average Bonchev–Trinajstić information content (AvgIpc) is 2.61. The number of hydrogen-bond acceptors (Lipinski definition) is 1. The summed E-state index contributed by atoms with van der Waals surface area (Å²) >= 11 is 0. The molecule has 0 saturated carbocycles. The molecule has 0 N–H and O–H groups in total. The second-order valence-corrected chi connectivity index (χ2v) is 4.51. The Kier molecular flexibility index (Phi) is 4.30. The summed E-state index contributed by atoms with van der Waals surface area (Å²) in [5.41, 5.74) is 3.87. The van der Waals surface area contributed by atoms with Crippen LogP contribution in [0.2, 0.25) is 0 Å². The maximum atomic E-state index is 11.4. The van der Waals surface area contributed by atoms with E-state index in [1.807, 2.05) is 12.1 Å². The van der Waals surface area contributed by atoms with E-state index in [1.165, 1.54) is 11.1 Å². The van der Waals surface area contributed by atoms with E-state index in [0.29, 0.717) is 0 Å². The zero-order chi connectivity index (χ0) is 12.8. The molecule has 18 heavy (non-hydrogen) atoms. The second kappa shape index (κ2) is 6.15. The molecule has 0 aliphatic rings. The summed E-state index contributed by atoms with van der Waals surface area (Å²) in [5.74, 6) is 0. The van der Waals surface area contributed by atoms with Crippen LogP contribution in [0.3, 0.4) is 0 Å². The smallest absolute Gasteiger partial charge is 0.178 e. The van der Waals surface area contributed by atoms with Crippen LogP contribution in [0.1, 0.15) is 23.6 Å². The minimum Gasteiger partial charge on any atom is -0.290 e. The maximum absolute atomic E-state index is 11.4. The Bertz CT molecular complexity index is 555. The number of aryl methyl sites for hydroxylation is 3. The van der Waals surface area contributed by atoms with Crippen molar-refractivity contribution in [1.82, 2.24) is 0 Å². The minimum absolute atomic E-state index is 0.0799. The van der Waals surface area contributed by atoms with Crippen molar-refractivity contribution in [3.05, 3.63) is 81.5 Å². The van der Waals surface area contributed by atoms with Crippen molar-refractivity contribution in [2.45, 2.75) is 26.2 Å². The summed E-state index contributed by atoms with van der Waals surface area (Å²) in [6.45, 7) is 2.16. The van der Waals surface area contributed by atoms with Crippen molar-refractivity contribution in [2.24, 2.45) is 0 Å². The summed E-state index contributed by atoms with van der Waals surface area (Å²) in [7, 11) is 0. The molecular weight excluding hydrogens is 220 g/mol. The van der Waals surface area contributed by atoms with Gasteiger partial charge in [0.15, 0.2) is 5.43 Å². The first kappa shape index (κ1) is 12.6. The van der Waals surface area contributed by atoms with E-state index in [4.69, 9.17) is 0 Å². The molecule has 0 radical (unpaired) electrons. The van der Waals surface area contributed by atoms with Gasteiger partial charge in [0.2, 0.25) is 0 Å². The Hall–Kier alpha value is -1.89. The van der Waals surface area contributed by atoms with Crippen LogP contribution in [0.5, 0.6) is 0 Å². The topological polar surface area (TPSA) is 17.1 Å². The number of hydrogen-bond donors (Lipinski definition) is 0. The Labute approximate surface area is 108 Å². The molecule has 0 heterocycles. The maximum Gasteiger partial charge on any atom is 0.178 e. The lowest BCUT2D eigenvalue weighted by atomic mass is 10.0. The molecule has 0 unspecified atom stereocenters. The molecule has 0 aliphatic carbocycles. The fourth-order valence-electron chi connectivity index (χ4n) is 1.99. The molecule has 0 bridgehead atoms. The van der Waals surface area contributed by atoms with Gasteiger partial charge < -0.3 is 0 Å². The third-order valence-corrected chi connectivity index (χ3v) is 3.14. The van der Waals surface area contributed by atoms with Gasteiger partial charge in [0.05, 0.1) is 0 Å². The van der Waals surface area contributed by atoms with E-state index in [-0.39, 0.29) is 5.43 Å². The van der Waals surface area contributed by atoms with E-state index >= 15 is 0 Å². The highest BCUT2D eigenvalue weighted by atomic mass is 16.1. The SMILES string of the molecule is CCc1ccc(CCc2ccccc(=O)c2)cc1. The summed E-state index contributed by atoms with van der Waals surface area (Å²) in [4.78, 5) is 11.4. The summed E-state index contributed by atoms with van der Waals surface area (Å²) < 4.78 is 0. The molecule has 0 atom stereocenters. The van der Waals surface area contributed by atoms with Crippen LogP contribution in [0, 0.1) is 0 Å². The van der Waals surface area contributed by atoms with E-state index in [2.05, 4.69) is 31.2 Å². The van der Waals surface area contributed by atoms with Gasteiger partial charge in [-0.05, 0) is 48.1 Å². The Morgan fingerprint density at radius 1 is 0.778 bits per heavy atom. The Morgan fingerprint density at radius 3 is 2.11 bits per heavy atom. The first-order valence-electron chi connectivity index (χ1n) is 6.45. The quantitative estimate of drug-likeness (QED) is 0.798. The highest BCUT2D eigenvalue weighted by Crippen LogP contribution is 2.08. The molecule has 92 valence electrons. The van der Waals surface area contributed by atoms with E-state index in [0.717, 1.165) is 24.8 Å². The van der Waals surface area contributed by atoms with Crippen LogP contribution < -0.4 is 5.43 Å². The predicted octanol–water partition coefficient (Wildman–Crippen LogP) is 3.39. The summed E-state index contributed by atoms with van der Waals surface area (Å²) in [6.07, 6.45) is 2.97. The normalized spacial score (nSPS) is 10.3. The van der Waals surface area contributed by atoms with Gasteiger partial charge >= 0.3 is 0 Å². The minimum atomic E-state index is 0.0799. The van der Waals surface area contributed by atoms with Crippen LogP contribution in [0.4, 0.5) is 0 Å². The first-order chi connectivity index (χ1) is 8.78. The number of rotatable bonds is 4. The first-order valence-corrected chi connectivity index (χ1v) is 6.45. The Morgan fingerprint density at radius 2 is 1.39 bits per heavy atom. The highest BCUT2D eigenvalue weighted by molar-refractivity contribution is 5.24. The van der Waals surface area contributed by atoms with Crippen molar-refractivity contribution >= 4 is 0 Å². The van der Waals surface area contributed by atoms with Gasteiger partial charge in [0, 0.05) is 0 Å². The zero-order valence-electron chi connectivity index (χ0n) is 10.7. The highest BCUT2D eigenvalue weighted by Gasteiger charge is 1.96. The molecule has 2 aromatic carbocycles. The lowest BCUT2D eigenvalue weighted by Gasteiger charge is -2.02. The third kappa shape index (κ3) is 3.56. The van der Waals surface area contributed by atoms with E-state index in [9.17, 15) is 4.79 Å². The van der Waals surface area contributed by atoms with Crippen molar-refractivity contribution in [3.63, 3.8) is 0 Å². The van der Waals surface area contributed by atoms with E-state index in [1.54, 1.807) is 18.2 Å². The molecule has 0 aliphatic heterocycles. The number of benzene rings is 1. The fourth-order valence-corrected chi connectivity index (χ4v) is 1.99. The molecule has 1 heteroatoms. The van der Waals surface area contributed by atoms with Gasteiger partial charge in [-0.3, -0.25) is 4.79 Å². The van der Waals surface area contributed by atoms with Gasteiger partial charge in [0.25, 0.3) is 0 Å². The standard InChI is InChI=1S/C17H18O/c1-2-14-7-9-15(10-8-14)11-12-16-5-3-4-6-17(18)13-16/h3-10,13H,2,11-12H2,1H3. The van der Waals surface area contributed by atoms with Crippen molar-refractivity contribution in [3.8, 4) is 0 Å². The molecule has 0 saturated heterocycles. The fraction of sp³-hybridized carbons (Fsp3) is 0.235. The molecule has 0 spiro atoms. The summed E-state index contributed by atoms with van der Waals surface area (Å²) in [6, 6.07) is 17.8. The summed E-state index contributed by atoms with van der Waals surface area (Å²) in [5, 5.41) is 0. The van der Waals surface area contributed by atoms with Crippen molar-refractivity contribution < 1.29 is 0 Å². The molecule has 0 amide bonds. The van der Waals surface area contributed by atoms with Gasteiger partial charge in [-0.1, -0.05) is 49.4 Å². The molecule has 0 fully saturated rings. The molecule has 2 rings (SSSR count). The molecule has 0 aromatic heterocycles. The van der Waals surface area contributed by atoms with E-state index < -0.39 is 0 Å². The monoisotopic (exact) mass is 238 g/mol. The zero-order valence-corrected chi connectivity index (χ0v) is 10.7. The Balaban J connectivity index is 2.04.